The number of aromatic nitrogens is 1. The SMILES string of the molecule is CC1(NC(=O)c2ccc3c(c2)c(-c2ccc(F)cc2)cn3-c2ccccc2Cl)CCSC1. The van der Waals surface area contributed by atoms with Gasteiger partial charge in [0.2, 0.25) is 0 Å². The lowest BCUT2D eigenvalue weighted by Gasteiger charge is -2.24. The van der Waals surface area contributed by atoms with Crippen molar-refractivity contribution in [1.29, 1.82) is 0 Å². The van der Waals surface area contributed by atoms with Crippen molar-refractivity contribution < 1.29 is 9.18 Å². The van der Waals surface area contributed by atoms with E-state index in [1.54, 1.807) is 12.1 Å². The van der Waals surface area contributed by atoms with Gasteiger partial charge in [0, 0.05) is 34.0 Å². The molecule has 1 aliphatic heterocycles. The van der Waals surface area contributed by atoms with Gasteiger partial charge in [-0.2, -0.15) is 11.8 Å². The fraction of sp³-hybridized carbons (Fsp3) is 0.192. The summed E-state index contributed by atoms with van der Waals surface area (Å²) in [6.07, 6.45) is 2.96. The third-order valence-corrected chi connectivity index (χ3v) is 7.62. The van der Waals surface area contributed by atoms with Crippen LogP contribution >= 0.6 is 23.4 Å². The van der Waals surface area contributed by atoms with Gasteiger partial charge in [-0.3, -0.25) is 4.79 Å². The average Bonchev–Trinajstić information content (AvgIpc) is 3.38. The van der Waals surface area contributed by atoms with Gasteiger partial charge in [-0.25, -0.2) is 4.39 Å². The second kappa shape index (κ2) is 8.30. The minimum absolute atomic E-state index is 0.0764. The predicted molar refractivity (Wildman–Crippen MR) is 131 cm³/mol. The van der Waals surface area contributed by atoms with E-state index in [2.05, 4.69) is 12.2 Å². The van der Waals surface area contributed by atoms with Crippen LogP contribution in [0.3, 0.4) is 0 Å². The molecule has 4 aromatic rings. The highest BCUT2D eigenvalue weighted by atomic mass is 35.5. The molecule has 32 heavy (non-hydrogen) atoms. The summed E-state index contributed by atoms with van der Waals surface area (Å²) in [4.78, 5) is 13.1. The van der Waals surface area contributed by atoms with E-state index in [9.17, 15) is 9.18 Å². The zero-order valence-electron chi connectivity index (χ0n) is 17.6. The van der Waals surface area contributed by atoms with E-state index in [-0.39, 0.29) is 17.3 Å². The summed E-state index contributed by atoms with van der Waals surface area (Å²) in [5, 5.41) is 4.75. The number of nitrogens with zero attached hydrogens (tertiary/aromatic N) is 1. The number of hydrogen-bond donors (Lipinski definition) is 1. The maximum Gasteiger partial charge on any atom is 0.251 e. The molecule has 0 aliphatic carbocycles. The number of para-hydroxylation sites is 1. The summed E-state index contributed by atoms with van der Waals surface area (Å²) in [7, 11) is 0. The Hall–Kier alpha value is -2.76. The smallest absolute Gasteiger partial charge is 0.251 e. The zero-order valence-corrected chi connectivity index (χ0v) is 19.1. The number of carbonyl (C=O) groups excluding carboxylic acids is 1. The second-order valence-corrected chi connectivity index (χ2v) is 9.93. The predicted octanol–water partition coefficient (Wildman–Crippen LogP) is 6.72. The quantitative estimate of drug-likeness (QED) is 0.364. The third-order valence-electron chi connectivity index (χ3n) is 5.97. The molecule has 1 aliphatic rings. The first-order valence-electron chi connectivity index (χ1n) is 10.5. The molecule has 6 heteroatoms. The standard InChI is InChI=1S/C26H22ClFN2OS/c1-26(12-13-32-16-26)29-25(31)18-8-11-23-20(14-18)21(17-6-9-19(28)10-7-17)15-30(23)24-5-3-2-4-22(24)27/h2-11,14-15H,12-13,16H2,1H3,(H,29,31). The molecule has 0 bridgehead atoms. The molecule has 0 saturated carbocycles. The highest BCUT2D eigenvalue weighted by molar-refractivity contribution is 7.99. The molecule has 1 saturated heterocycles. The largest absolute Gasteiger partial charge is 0.346 e. The Morgan fingerprint density at radius 1 is 1.12 bits per heavy atom. The van der Waals surface area contributed by atoms with Crippen LogP contribution in [0.15, 0.2) is 72.9 Å². The van der Waals surface area contributed by atoms with E-state index >= 15 is 0 Å². The van der Waals surface area contributed by atoms with Gasteiger partial charge in [0.05, 0.1) is 16.2 Å². The van der Waals surface area contributed by atoms with Gasteiger partial charge < -0.3 is 9.88 Å². The van der Waals surface area contributed by atoms with Crippen molar-refractivity contribution in [1.82, 2.24) is 9.88 Å². The molecule has 0 radical (unpaired) electrons. The second-order valence-electron chi connectivity index (χ2n) is 8.42. The number of rotatable bonds is 4. The number of halogens is 2. The topological polar surface area (TPSA) is 34.0 Å². The number of fused-ring (bicyclic) bond motifs is 1. The molecule has 1 amide bonds. The minimum atomic E-state index is -0.286. The van der Waals surface area contributed by atoms with Gasteiger partial charge in [0.1, 0.15) is 5.82 Å². The number of carbonyl (C=O) groups is 1. The monoisotopic (exact) mass is 464 g/mol. The molecular formula is C26H22ClFN2OS. The molecule has 2 heterocycles. The van der Waals surface area contributed by atoms with E-state index in [0.29, 0.717) is 10.6 Å². The lowest BCUT2D eigenvalue weighted by molar-refractivity contribution is 0.0915. The maximum absolute atomic E-state index is 13.6. The molecule has 162 valence electrons. The van der Waals surface area contributed by atoms with E-state index < -0.39 is 0 Å². The van der Waals surface area contributed by atoms with Crippen LogP contribution in [0.25, 0.3) is 27.7 Å². The fourth-order valence-corrected chi connectivity index (χ4v) is 5.82. The van der Waals surface area contributed by atoms with Gasteiger partial charge in [-0.05, 0) is 67.1 Å². The zero-order chi connectivity index (χ0) is 22.3. The molecule has 1 aromatic heterocycles. The molecule has 3 nitrogen and oxygen atoms in total. The minimum Gasteiger partial charge on any atom is -0.346 e. The Morgan fingerprint density at radius 2 is 1.91 bits per heavy atom. The Kier molecular flexibility index (Phi) is 5.48. The molecule has 1 atom stereocenters. The van der Waals surface area contributed by atoms with E-state index in [1.807, 2.05) is 65.0 Å². The van der Waals surface area contributed by atoms with Crippen molar-refractivity contribution in [3.63, 3.8) is 0 Å². The van der Waals surface area contributed by atoms with Crippen LogP contribution in [-0.4, -0.2) is 27.5 Å². The Morgan fingerprint density at radius 3 is 2.62 bits per heavy atom. The molecule has 0 spiro atoms. The fourth-order valence-electron chi connectivity index (χ4n) is 4.19. The number of nitrogens with one attached hydrogen (secondary N) is 1. The Labute approximate surface area is 195 Å². The van der Waals surface area contributed by atoms with Crippen LogP contribution in [0.2, 0.25) is 5.02 Å². The van der Waals surface area contributed by atoms with Crippen molar-refractivity contribution in [3.8, 4) is 16.8 Å². The molecule has 1 fully saturated rings. The van der Waals surface area contributed by atoms with Crippen molar-refractivity contribution in [3.05, 3.63) is 89.3 Å². The highest BCUT2D eigenvalue weighted by Crippen LogP contribution is 2.35. The lowest BCUT2D eigenvalue weighted by Crippen LogP contribution is -2.45. The van der Waals surface area contributed by atoms with Gasteiger partial charge in [0.25, 0.3) is 5.91 Å². The average molecular weight is 465 g/mol. The van der Waals surface area contributed by atoms with Crippen molar-refractivity contribution in [2.45, 2.75) is 18.9 Å². The lowest BCUT2D eigenvalue weighted by atomic mass is 10.00. The van der Waals surface area contributed by atoms with Crippen LogP contribution < -0.4 is 5.32 Å². The summed E-state index contributed by atoms with van der Waals surface area (Å²) in [5.74, 6) is 1.62. The first-order chi connectivity index (χ1) is 15.4. The van der Waals surface area contributed by atoms with E-state index in [4.69, 9.17) is 11.6 Å². The Balaban J connectivity index is 1.64. The molecule has 1 unspecified atom stereocenters. The first kappa shape index (κ1) is 21.1. The van der Waals surface area contributed by atoms with Crippen LogP contribution in [0, 0.1) is 5.82 Å². The third kappa shape index (κ3) is 3.91. The van der Waals surface area contributed by atoms with Gasteiger partial charge in [-0.15, -0.1) is 0 Å². The van der Waals surface area contributed by atoms with Crippen LogP contribution in [0.1, 0.15) is 23.7 Å². The maximum atomic E-state index is 13.6. The summed E-state index contributed by atoms with van der Waals surface area (Å²) >= 11 is 8.35. The highest BCUT2D eigenvalue weighted by Gasteiger charge is 2.31. The van der Waals surface area contributed by atoms with Crippen LogP contribution in [0.4, 0.5) is 4.39 Å². The molecule has 3 aromatic carbocycles. The van der Waals surface area contributed by atoms with Crippen LogP contribution in [0.5, 0.6) is 0 Å². The van der Waals surface area contributed by atoms with Crippen molar-refractivity contribution in [2.24, 2.45) is 0 Å². The summed E-state index contributed by atoms with van der Waals surface area (Å²) in [6, 6.07) is 19.8. The number of benzene rings is 3. The molecule has 1 N–H and O–H groups in total. The van der Waals surface area contributed by atoms with Gasteiger partial charge in [-0.1, -0.05) is 35.9 Å². The van der Waals surface area contributed by atoms with Gasteiger partial charge >= 0.3 is 0 Å². The number of amides is 1. The normalized spacial score (nSPS) is 18.2. The Bertz CT molecular complexity index is 1310. The van der Waals surface area contributed by atoms with Crippen molar-refractivity contribution >= 4 is 40.2 Å². The summed E-state index contributed by atoms with van der Waals surface area (Å²) in [5.41, 5.74) is 3.99. The number of thioether (sulfide) groups is 1. The van der Waals surface area contributed by atoms with E-state index in [0.717, 1.165) is 45.6 Å². The first-order valence-corrected chi connectivity index (χ1v) is 12.0. The van der Waals surface area contributed by atoms with Crippen LogP contribution in [-0.2, 0) is 0 Å². The van der Waals surface area contributed by atoms with Crippen molar-refractivity contribution in [2.75, 3.05) is 11.5 Å². The number of hydrogen-bond acceptors (Lipinski definition) is 2. The van der Waals surface area contributed by atoms with Gasteiger partial charge in [0.15, 0.2) is 0 Å². The summed E-state index contributed by atoms with van der Waals surface area (Å²) < 4.78 is 15.6. The molecule has 5 rings (SSSR count). The van der Waals surface area contributed by atoms with E-state index in [1.165, 1.54) is 12.1 Å². The molecular weight excluding hydrogens is 443 g/mol. The summed E-state index contributed by atoms with van der Waals surface area (Å²) in [6.45, 7) is 2.10.